The maximum absolute atomic E-state index is 14.3. The highest BCUT2D eigenvalue weighted by molar-refractivity contribution is 5.83. The Morgan fingerprint density at radius 1 is 1.00 bits per heavy atom. The predicted molar refractivity (Wildman–Crippen MR) is 115 cm³/mol. The average molecular weight is 451 g/mol. The van der Waals surface area contributed by atoms with Gasteiger partial charge < -0.3 is 11.5 Å². The molecule has 5 aromatic rings. The van der Waals surface area contributed by atoms with E-state index in [-0.39, 0.29) is 29.7 Å². The minimum atomic E-state index is -1.28. The smallest absolute Gasteiger partial charge is 0.255 e. The largest absolute Gasteiger partial charge is 0.383 e. The Morgan fingerprint density at radius 3 is 2.42 bits per heavy atom. The van der Waals surface area contributed by atoms with E-state index in [1.54, 1.807) is 36.3 Å². The number of fused-ring (bicyclic) bond motifs is 1. The lowest BCUT2D eigenvalue weighted by Crippen LogP contribution is -2.10. The summed E-state index contributed by atoms with van der Waals surface area (Å²) < 4.78 is 45.1. The van der Waals surface area contributed by atoms with Crippen molar-refractivity contribution >= 4 is 22.7 Å². The topological polar surface area (TPSA) is 126 Å². The molecule has 0 fully saturated rings. The summed E-state index contributed by atoms with van der Waals surface area (Å²) in [5.74, 6) is -3.08. The zero-order valence-electron chi connectivity index (χ0n) is 17.2. The summed E-state index contributed by atoms with van der Waals surface area (Å²) in [5, 5.41) is 8.50. The molecule has 5 rings (SSSR count). The Balaban J connectivity index is 1.64. The van der Waals surface area contributed by atoms with Crippen LogP contribution in [0.15, 0.2) is 42.9 Å². The number of pyridine rings is 1. The van der Waals surface area contributed by atoms with Gasteiger partial charge in [-0.25, -0.2) is 13.2 Å². The van der Waals surface area contributed by atoms with Crippen molar-refractivity contribution in [3.8, 4) is 17.1 Å². The molecule has 0 saturated carbocycles. The number of anilines is 2. The van der Waals surface area contributed by atoms with E-state index >= 15 is 0 Å². The molecule has 0 bridgehead atoms. The molecule has 0 aliphatic carbocycles. The highest BCUT2D eigenvalue weighted by Crippen LogP contribution is 2.31. The van der Waals surface area contributed by atoms with Crippen LogP contribution in [-0.2, 0) is 13.5 Å². The number of hydrogen-bond donors (Lipinski definition) is 2. The third-order valence-electron chi connectivity index (χ3n) is 5.13. The first kappa shape index (κ1) is 20.4. The van der Waals surface area contributed by atoms with Crippen LogP contribution < -0.4 is 11.5 Å². The Labute approximate surface area is 184 Å². The number of hydrogen-bond acceptors (Lipinski definition) is 7. The zero-order chi connectivity index (χ0) is 23.3. The molecule has 0 aliphatic heterocycles. The van der Waals surface area contributed by atoms with Crippen molar-refractivity contribution in [2.45, 2.75) is 6.42 Å². The highest BCUT2D eigenvalue weighted by Gasteiger charge is 2.22. The van der Waals surface area contributed by atoms with Gasteiger partial charge in [-0.1, -0.05) is 0 Å². The molecule has 1 aromatic carbocycles. The van der Waals surface area contributed by atoms with Crippen molar-refractivity contribution in [1.82, 2.24) is 34.5 Å². The van der Waals surface area contributed by atoms with E-state index in [0.29, 0.717) is 22.2 Å². The number of nitrogens with two attached hydrogens (primary N) is 2. The molecule has 0 aliphatic rings. The second-order valence-corrected chi connectivity index (χ2v) is 7.30. The summed E-state index contributed by atoms with van der Waals surface area (Å²) in [6.45, 7) is 0. The van der Waals surface area contributed by atoms with E-state index < -0.39 is 23.0 Å². The molecule has 4 aromatic heterocycles. The molecule has 0 amide bonds. The van der Waals surface area contributed by atoms with Crippen molar-refractivity contribution < 1.29 is 13.2 Å². The first-order valence-corrected chi connectivity index (χ1v) is 9.71. The molecule has 33 heavy (non-hydrogen) atoms. The molecule has 0 saturated heterocycles. The van der Waals surface area contributed by atoms with Gasteiger partial charge in [0.2, 0.25) is 0 Å². The van der Waals surface area contributed by atoms with Crippen LogP contribution in [-0.4, -0.2) is 34.5 Å². The zero-order valence-corrected chi connectivity index (χ0v) is 17.2. The lowest BCUT2D eigenvalue weighted by molar-refractivity contribution is 0.482. The molecule has 12 heteroatoms. The van der Waals surface area contributed by atoms with Gasteiger partial charge in [0.05, 0.1) is 23.0 Å². The lowest BCUT2D eigenvalue weighted by atomic mass is 10.1. The fourth-order valence-electron chi connectivity index (χ4n) is 3.61. The lowest BCUT2D eigenvalue weighted by Gasteiger charge is -2.09. The summed E-state index contributed by atoms with van der Waals surface area (Å²) in [6.07, 6.45) is 4.47. The maximum Gasteiger partial charge on any atom is 0.255 e. The van der Waals surface area contributed by atoms with Gasteiger partial charge in [0, 0.05) is 37.0 Å². The van der Waals surface area contributed by atoms with E-state index in [9.17, 15) is 13.2 Å². The van der Waals surface area contributed by atoms with E-state index in [4.69, 9.17) is 11.5 Å². The van der Waals surface area contributed by atoms with Crippen molar-refractivity contribution in [3.05, 3.63) is 71.6 Å². The van der Waals surface area contributed by atoms with Crippen LogP contribution in [0.3, 0.4) is 0 Å². The number of nitrogens with zero attached hydrogens (tertiary/aromatic N) is 7. The third kappa shape index (κ3) is 3.41. The summed E-state index contributed by atoms with van der Waals surface area (Å²) in [5.41, 5.74) is 13.9. The fraction of sp³-hybridized carbons (Fsp3) is 0.0952. The summed E-state index contributed by atoms with van der Waals surface area (Å²) in [6, 6.07) is 4.93. The second kappa shape index (κ2) is 7.58. The first-order valence-electron chi connectivity index (χ1n) is 9.71. The third-order valence-corrected chi connectivity index (χ3v) is 5.13. The second-order valence-electron chi connectivity index (χ2n) is 7.30. The number of aromatic nitrogens is 7. The van der Waals surface area contributed by atoms with Gasteiger partial charge in [0.1, 0.15) is 23.0 Å². The number of rotatable bonds is 4. The van der Waals surface area contributed by atoms with Crippen LogP contribution in [0.25, 0.3) is 28.1 Å². The molecule has 4 N–H and O–H groups in total. The Kier molecular flexibility index (Phi) is 4.69. The van der Waals surface area contributed by atoms with Crippen molar-refractivity contribution in [1.29, 1.82) is 0 Å². The van der Waals surface area contributed by atoms with E-state index in [2.05, 4.69) is 25.1 Å². The molecule has 0 spiro atoms. The number of aryl methyl sites for hydroxylation is 1. The van der Waals surface area contributed by atoms with Crippen LogP contribution in [0.4, 0.5) is 24.8 Å². The number of halogens is 3. The molecular formula is C21H16F3N9. The van der Waals surface area contributed by atoms with Crippen LogP contribution >= 0.6 is 0 Å². The Morgan fingerprint density at radius 2 is 1.73 bits per heavy atom. The van der Waals surface area contributed by atoms with Gasteiger partial charge in [0.15, 0.2) is 11.6 Å². The van der Waals surface area contributed by atoms with Gasteiger partial charge in [-0.3, -0.25) is 9.67 Å². The Hall–Kier alpha value is -4.48. The molecule has 166 valence electrons. The minimum absolute atomic E-state index is 0.0436. The number of nitrogen functional groups attached to an aromatic ring is 2. The standard InChI is InChI=1S/C21H16F3N9/c1-32-9-10(8-28-32)16-19(25)29-21(30-20(16)26)33-15-3-2-6-27-18(15)14(31-33)7-11-12(22)4-5-13(23)17(11)24/h2-6,8-9H,7H2,1H3,(H4,25,26,29,30). The fourth-order valence-corrected chi connectivity index (χ4v) is 3.61. The summed E-state index contributed by atoms with van der Waals surface area (Å²) in [4.78, 5) is 12.9. The van der Waals surface area contributed by atoms with E-state index in [1.165, 1.54) is 10.9 Å². The summed E-state index contributed by atoms with van der Waals surface area (Å²) >= 11 is 0. The van der Waals surface area contributed by atoms with E-state index in [0.717, 1.165) is 12.1 Å². The molecular weight excluding hydrogens is 435 g/mol. The normalized spacial score (nSPS) is 11.4. The predicted octanol–water partition coefficient (Wildman–Crippen LogP) is 2.78. The van der Waals surface area contributed by atoms with Crippen molar-refractivity contribution in [2.75, 3.05) is 11.5 Å². The Bertz CT molecular complexity index is 1500. The maximum atomic E-state index is 14.3. The quantitative estimate of drug-likeness (QED) is 0.402. The van der Waals surface area contributed by atoms with Crippen LogP contribution in [0.5, 0.6) is 0 Å². The monoisotopic (exact) mass is 451 g/mol. The van der Waals surface area contributed by atoms with Gasteiger partial charge >= 0.3 is 0 Å². The van der Waals surface area contributed by atoms with Crippen LogP contribution in [0.2, 0.25) is 0 Å². The van der Waals surface area contributed by atoms with Gasteiger partial charge in [0.25, 0.3) is 5.95 Å². The molecule has 4 heterocycles. The molecule has 9 nitrogen and oxygen atoms in total. The highest BCUT2D eigenvalue weighted by atomic mass is 19.2. The summed E-state index contributed by atoms with van der Waals surface area (Å²) in [7, 11) is 1.75. The van der Waals surface area contributed by atoms with Crippen molar-refractivity contribution in [2.24, 2.45) is 7.05 Å². The first-order chi connectivity index (χ1) is 15.8. The molecule has 0 radical (unpaired) electrons. The van der Waals surface area contributed by atoms with Gasteiger partial charge in [-0.15, -0.1) is 0 Å². The molecule has 0 unspecified atom stereocenters. The van der Waals surface area contributed by atoms with Crippen LogP contribution in [0, 0.1) is 17.5 Å². The van der Waals surface area contributed by atoms with Gasteiger partial charge in [-0.2, -0.15) is 24.8 Å². The van der Waals surface area contributed by atoms with Crippen LogP contribution in [0.1, 0.15) is 11.3 Å². The van der Waals surface area contributed by atoms with E-state index in [1.807, 2.05) is 0 Å². The van der Waals surface area contributed by atoms with Gasteiger partial charge in [-0.05, 0) is 24.3 Å². The average Bonchev–Trinajstić information content (AvgIpc) is 3.37. The minimum Gasteiger partial charge on any atom is -0.383 e. The SMILES string of the molecule is Cn1cc(-c2c(N)nc(-n3nc(Cc4c(F)ccc(F)c4F)c4ncccc43)nc2N)cn1. The molecule has 0 atom stereocenters. The van der Waals surface area contributed by atoms with Crippen molar-refractivity contribution in [3.63, 3.8) is 0 Å². The number of benzene rings is 1.